The number of allylic oxidation sites excluding steroid dienone is 1. The topological polar surface area (TPSA) is 217 Å². The van der Waals surface area contributed by atoms with Crippen LogP contribution in [-0.2, 0) is 25.6 Å². The van der Waals surface area contributed by atoms with E-state index in [4.69, 9.17) is 5.73 Å². The maximum absolute atomic E-state index is 14.5. The third-order valence-corrected chi connectivity index (χ3v) is 13.4. The quantitative estimate of drug-likeness (QED) is 0.119. The van der Waals surface area contributed by atoms with Gasteiger partial charge in [-0.1, -0.05) is 6.07 Å². The molecule has 1 unspecified atom stereocenters. The Morgan fingerprint density at radius 3 is 2.46 bits per heavy atom. The van der Waals surface area contributed by atoms with Crippen LogP contribution in [0.15, 0.2) is 52.8 Å². The van der Waals surface area contributed by atoms with Gasteiger partial charge in [0, 0.05) is 131 Å². The number of hydrogen-bond donors (Lipinski definition) is 5. The molecule has 19 heteroatoms. The van der Waals surface area contributed by atoms with Crippen molar-refractivity contribution in [1.82, 2.24) is 30.2 Å². The van der Waals surface area contributed by atoms with Crippen molar-refractivity contribution in [2.75, 3.05) is 76.2 Å². The second-order valence-electron chi connectivity index (χ2n) is 17.5. The van der Waals surface area contributed by atoms with Gasteiger partial charge in [-0.3, -0.25) is 54.3 Å². The number of amides is 6. The highest BCUT2D eigenvalue weighted by atomic mass is 19.3. The van der Waals surface area contributed by atoms with Gasteiger partial charge in [-0.05, 0) is 67.5 Å². The number of carbonyl (C=O) groups excluding carboxylic acids is 6. The number of alkyl halides is 2. The standard InChI is InChI=1S/C46H55F2N11O6/c1-26(60)57-16-12-35(34(24-57)43(50)58-13-4-5-28-17-32(29(19-49)21-51-2)33(42(47)48)18-38(28)58)53-30-10-14-56(15-11-30)40(62)25-55-22-27(23-55)20-52-36-7-3-6-31-41(36)46(65)59(45(31)64)37-8-9-39(61)54-44(37)63/h3,6-7,17-19,21,27,30,37,42,50,52-53H,4-5,8-16,20,22-25,49H2,1-2H3,(H,54,61,63). The van der Waals surface area contributed by atoms with E-state index in [1.807, 2.05) is 4.90 Å². The van der Waals surface area contributed by atoms with Crippen LogP contribution >= 0.6 is 0 Å². The summed E-state index contributed by atoms with van der Waals surface area (Å²) in [5, 5.41) is 18.7. The molecule has 6 N–H and O–H groups in total. The largest absolute Gasteiger partial charge is 0.404 e. The molecular weight excluding hydrogens is 841 g/mol. The van der Waals surface area contributed by atoms with Crippen molar-refractivity contribution in [1.29, 1.82) is 5.41 Å². The number of benzene rings is 2. The molecule has 6 amide bonds. The van der Waals surface area contributed by atoms with Crippen LogP contribution in [0, 0.1) is 11.3 Å². The predicted octanol–water partition coefficient (Wildman–Crippen LogP) is 2.89. The number of carbonyl (C=O) groups is 6. The minimum atomic E-state index is -2.79. The highest BCUT2D eigenvalue weighted by molar-refractivity contribution is 6.25. The molecule has 8 rings (SSSR count). The summed E-state index contributed by atoms with van der Waals surface area (Å²) in [4.78, 5) is 89.3. The lowest BCUT2D eigenvalue weighted by Crippen LogP contribution is -2.55. The van der Waals surface area contributed by atoms with E-state index in [9.17, 15) is 43.0 Å². The van der Waals surface area contributed by atoms with Gasteiger partial charge in [0.25, 0.3) is 18.2 Å². The monoisotopic (exact) mass is 895 g/mol. The number of piperidine rings is 2. The number of rotatable bonds is 12. The Bertz CT molecular complexity index is 2400. The predicted molar refractivity (Wildman–Crippen MR) is 240 cm³/mol. The van der Waals surface area contributed by atoms with E-state index in [1.165, 1.54) is 25.4 Å². The first kappa shape index (κ1) is 45.1. The summed E-state index contributed by atoms with van der Waals surface area (Å²) < 4.78 is 29.1. The van der Waals surface area contributed by atoms with E-state index in [1.54, 1.807) is 41.1 Å². The number of nitrogens with two attached hydrogens (primary N) is 1. The zero-order valence-corrected chi connectivity index (χ0v) is 36.6. The molecule has 0 aliphatic carbocycles. The number of imide groups is 2. The third-order valence-electron chi connectivity index (χ3n) is 13.4. The molecule has 3 saturated heterocycles. The van der Waals surface area contributed by atoms with Crippen LogP contribution in [0.5, 0.6) is 0 Å². The summed E-state index contributed by atoms with van der Waals surface area (Å²) in [5.41, 5.74) is 10.1. The van der Waals surface area contributed by atoms with Gasteiger partial charge in [-0.15, -0.1) is 0 Å². The number of hydrogen-bond acceptors (Lipinski definition) is 12. The van der Waals surface area contributed by atoms with Gasteiger partial charge in [0.1, 0.15) is 11.9 Å². The van der Waals surface area contributed by atoms with Gasteiger partial charge < -0.3 is 31.1 Å². The van der Waals surface area contributed by atoms with Crippen LogP contribution in [0.1, 0.15) is 89.3 Å². The van der Waals surface area contributed by atoms with Crippen molar-refractivity contribution in [2.24, 2.45) is 16.6 Å². The van der Waals surface area contributed by atoms with Crippen molar-refractivity contribution < 1.29 is 37.5 Å². The van der Waals surface area contributed by atoms with E-state index < -0.39 is 36.1 Å². The average molecular weight is 896 g/mol. The lowest BCUT2D eigenvalue weighted by molar-refractivity contribution is -0.137. The van der Waals surface area contributed by atoms with Crippen molar-refractivity contribution >= 4 is 64.4 Å². The van der Waals surface area contributed by atoms with Crippen LogP contribution in [0.25, 0.3) is 5.57 Å². The first-order chi connectivity index (χ1) is 31.3. The number of anilines is 2. The molecule has 344 valence electrons. The molecule has 0 radical (unpaired) electrons. The molecule has 6 aliphatic rings. The molecule has 1 atom stereocenters. The fourth-order valence-corrected chi connectivity index (χ4v) is 9.89. The number of likely N-dealkylation sites (tertiary alicyclic amines) is 2. The number of nitrogens with one attached hydrogen (secondary N) is 4. The molecule has 6 heterocycles. The number of aryl methyl sites for hydroxylation is 1. The Hall–Kier alpha value is -6.50. The van der Waals surface area contributed by atoms with Gasteiger partial charge in [0.2, 0.25) is 23.6 Å². The molecule has 0 saturated carbocycles. The van der Waals surface area contributed by atoms with E-state index >= 15 is 0 Å². The average Bonchev–Trinajstić information content (AvgIpc) is 3.54. The third kappa shape index (κ3) is 9.10. The SMILES string of the molecule is CN=CC(=CN)c1cc2c(cc1C(F)F)N(C(=N)C1=C(NC3CCN(C(=O)CN4CC(CNc5cccc6c5C(=O)N(C5CCC(=O)NC5=O)C6=O)C4)CC3)CCN(C(C)=O)C1)CCC2. The molecule has 2 aromatic rings. The fraction of sp³-hybridized carbons (Fsp3) is 0.478. The van der Waals surface area contributed by atoms with Crippen LogP contribution in [-0.4, -0.2) is 145 Å². The van der Waals surface area contributed by atoms with Gasteiger partial charge in [-0.2, -0.15) is 0 Å². The molecule has 17 nitrogen and oxygen atoms in total. The van der Waals surface area contributed by atoms with E-state index in [-0.39, 0.29) is 72.2 Å². The van der Waals surface area contributed by atoms with Gasteiger partial charge in [0.15, 0.2) is 0 Å². The summed E-state index contributed by atoms with van der Waals surface area (Å²) in [5.74, 6) is -1.92. The summed E-state index contributed by atoms with van der Waals surface area (Å²) in [6, 6.07) is 7.15. The Balaban J connectivity index is 0.853. The van der Waals surface area contributed by atoms with Crippen LogP contribution in [0.4, 0.5) is 20.2 Å². The highest BCUT2D eigenvalue weighted by Crippen LogP contribution is 2.38. The Kier molecular flexibility index (Phi) is 13.1. The summed E-state index contributed by atoms with van der Waals surface area (Å²) >= 11 is 0. The molecular formula is C46H55F2N11O6. The summed E-state index contributed by atoms with van der Waals surface area (Å²) in [6.45, 7) is 5.90. The van der Waals surface area contributed by atoms with Gasteiger partial charge in [-0.25, -0.2) is 8.78 Å². The van der Waals surface area contributed by atoms with E-state index in [0.29, 0.717) is 106 Å². The van der Waals surface area contributed by atoms with Crippen molar-refractivity contribution in [3.05, 3.63) is 75.6 Å². The maximum atomic E-state index is 14.5. The Morgan fingerprint density at radius 1 is 1.00 bits per heavy atom. The lowest BCUT2D eigenvalue weighted by Gasteiger charge is -2.41. The van der Waals surface area contributed by atoms with Crippen molar-refractivity contribution in [3.63, 3.8) is 0 Å². The molecule has 0 spiro atoms. The normalized spacial score (nSPS) is 21.2. The van der Waals surface area contributed by atoms with E-state index in [0.717, 1.165) is 16.2 Å². The first-order valence-corrected chi connectivity index (χ1v) is 22.2. The zero-order chi connectivity index (χ0) is 46.1. The first-order valence-electron chi connectivity index (χ1n) is 22.2. The second kappa shape index (κ2) is 18.9. The molecule has 0 bridgehead atoms. The summed E-state index contributed by atoms with van der Waals surface area (Å²) in [7, 11) is 1.55. The Morgan fingerprint density at radius 2 is 1.77 bits per heavy atom. The minimum Gasteiger partial charge on any atom is -0.404 e. The Labute approximate surface area is 375 Å². The van der Waals surface area contributed by atoms with Gasteiger partial charge in [0.05, 0.1) is 24.2 Å². The van der Waals surface area contributed by atoms with Crippen LogP contribution in [0.3, 0.4) is 0 Å². The number of fused-ring (bicyclic) bond motifs is 2. The second-order valence-corrected chi connectivity index (χ2v) is 17.5. The van der Waals surface area contributed by atoms with E-state index in [2.05, 4.69) is 25.8 Å². The highest BCUT2D eigenvalue weighted by Gasteiger charge is 2.46. The lowest BCUT2D eigenvalue weighted by atomic mass is 9.91. The van der Waals surface area contributed by atoms with Gasteiger partial charge >= 0.3 is 0 Å². The van der Waals surface area contributed by atoms with Crippen molar-refractivity contribution in [2.45, 2.75) is 70.4 Å². The molecule has 6 aliphatic heterocycles. The van der Waals surface area contributed by atoms with Crippen LogP contribution < -0.4 is 26.6 Å². The number of halogens is 2. The molecule has 0 aromatic heterocycles. The zero-order valence-electron chi connectivity index (χ0n) is 36.6. The molecule has 2 aromatic carbocycles. The maximum Gasteiger partial charge on any atom is 0.264 e. The molecule has 65 heavy (non-hydrogen) atoms. The number of aliphatic imine (C=N–C) groups is 1. The minimum absolute atomic E-state index is 0.0289. The van der Waals surface area contributed by atoms with Crippen molar-refractivity contribution in [3.8, 4) is 0 Å². The van der Waals surface area contributed by atoms with Crippen LogP contribution in [0.2, 0.25) is 0 Å². The summed E-state index contributed by atoms with van der Waals surface area (Å²) in [6.07, 6.45) is 3.29. The number of nitrogens with zero attached hydrogens (tertiary/aromatic N) is 6. The number of amidine groups is 1. The molecule has 3 fully saturated rings. The fourth-order valence-electron chi connectivity index (χ4n) is 9.89. The smallest absolute Gasteiger partial charge is 0.264 e.